The maximum Gasteiger partial charge on any atom is 0.336 e. The second kappa shape index (κ2) is 18.3. The van der Waals surface area contributed by atoms with E-state index in [-0.39, 0.29) is 6.61 Å². The van der Waals surface area contributed by atoms with Gasteiger partial charge in [-0.1, -0.05) is 48.7 Å². The number of halogens is 1. The predicted octanol–water partition coefficient (Wildman–Crippen LogP) is 5.32. The van der Waals surface area contributed by atoms with Crippen molar-refractivity contribution in [2.75, 3.05) is 31.6 Å². The fraction of sp³-hybridized carbons (Fsp3) is 0.516. The molecule has 0 saturated carbocycles. The first-order chi connectivity index (χ1) is 19.6. The molecule has 2 atom stereocenters. The van der Waals surface area contributed by atoms with Crippen molar-refractivity contribution in [3.63, 3.8) is 0 Å². The Kier molecular flexibility index (Phi) is 15.2. The van der Waals surface area contributed by atoms with E-state index in [1.807, 2.05) is 25.1 Å². The Bertz CT molecular complexity index is 1140. The number of carboxylic acids is 2. The zero-order valence-corrected chi connectivity index (χ0v) is 25.0. The highest BCUT2D eigenvalue weighted by Gasteiger charge is 2.36. The molecule has 1 amide bonds. The molecule has 0 saturated heterocycles. The van der Waals surface area contributed by atoms with Crippen LogP contribution in [0.3, 0.4) is 0 Å². The summed E-state index contributed by atoms with van der Waals surface area (Å²) < 4.78 is 10.7. The average Bonchev–Trinajstić information content (AvgIpc) is 2.92. The van der Waals surface area contributed by atoms with Crippen LogP contribution in [0.1, 0.15) is 60.8 Å². The number of hydrogen-bond acceptors (Lipinski definition) is 6. The van der Waals surface area contributed by atoms with Gasteiger partial charge in [-0.3, -0.25) is 4.79 Å². The highest BCUT2D eigenvalue weighted by atomic mass is 35.5. The van der Waals surface area contributed by atoms with Gasteiger partial charge in [-0.05, 0) is 87.3 Å². The van der Waals surface area contributed by atoms with E-state index in [0.717, 1.165) is 43.4 Å². The molecule has 0 spiro atoms. The Morgan fingerprint density at radius 2 is 1.51 bits per heavy atom. The minimum absolute atomic E-state index is 0.104. The van der Waals surface area contributed by atoms with Gasteiger partial charge in [0.15, 0.2) is 12.2 Å². The van der Waals surface area contributed by atoms with Gasteiger partial charge in [0.2, 0.25) is 0 Å². The van der Waals surface area contributed by atoms with Crippen LogP contribution in [0.4, 0.5) is 5.69 Å². The van der Waals surface area contributed by atoms with Crippen LogP contribution in [-0.4, -0.2) is 66.6 Å². The largest absolute Gasteiger partial charge is 0.480 e. The number of aliphatic carboxylic acids is 2. The molecule has 0 heterocycles. The summed E-state index contributed by atoms with van der Waals surface area (Å²) in [5.41, 5.74) is 5.76. The summed E-state index contributed by atoms with van der Waals surface area (Å²) in [6.45, 7) is 6.37. The minimum atomic E-state index is -1.74. The van der Waals surface area contributed by atoms with Gasteiger partial charge in [0, 0.05) is 30.4 Å². The van der Waals surface area contributed by atoms with Crippen molar-refractivity contribution in [1.82, 2.24) is 5.32 Å². The summed E-state index contributed by atoms with van der Waals surface area (Å²) in [5, 5.41) is 25.2. The lowest BCUT2D eigenvalue weighted by molar-refractivity contribution is -0.172. The third-order valence-corrected chi connectivity index (χ3v) is 7.20. The smallest absolute Gasteiger partial charge is 0.336 e. The van der Waals surface area contributed by atoms with E-state index in [9.17, 15) is 19.5 Å². The van der Waals surface area contributed by atoms with Crippen molar-refractivity contribution >= 4 is 35.1 Å². The van der Waals surface area contributed by atoms with Gasteiger partial charge in [0.25, 0.3) is 5.91 Å². The highest BCUT2D eigenvalue weighted by Crippen LogP contribution is 2.20. The van der Waals surface area contributed by atoms with Crippen molar-refractivity contribution in [2.24, 2.45) is 0 Å². The normalized spacial score (nSPS) is 12.5. The van der Waals surface area contributed by atoms with E-state index < -0.39 is 36.7 Å². The van der Waals surface area contributed by atoms with Crippen LogP contribution in [0.25, 0.3) is 0 Å². The lowest BCUT2D eigenvalue weighted by Crippen LogP contribution is -2.49. The van der Waals surface area contributed by atoms with Gasteiger partial charge < -0.3 is 30.3 Å². The second-order valence-electron chi connectivity index (χ2n) is 10.2. The predicted molar refractivity (Wildman–Crippen MR) is 160 cm³/mol. The van der Waals surface area contributed by atoms with Gasteiger partial charge in [0.1, 0.15) is 6.61 Å². The number of anilines is 1. The summed E-state index contributed by atoms with van der Waals surface area (Å²) in [5.74, 6) is -3.43. The van der Waals surface area contributed by atoms with Crippen molar-refractivity contribution in [1.29, 1.82) is 0 Å². The van der Waals surface area contributed by atoms with Crippen LogP contribution >= 0.6 is 11.6 Å². The molecule has 2 rings (SSSR count). The molecule has 0 aliphatic carbocycles. The van der Waals surface area contributed by atoms with E-state index in [0.29, 0.717) is 31.0 Å². The molecule has 0 aromatic heterocycles. The first-order valence-corrected chi connectivity index (χ1v) is 14.5. The number of amides is 1. The molecule has 41 heavy (non-hydrogen) atoms. The topological polar surface area (TPSA) is 134 Å². The highest BCUT2D eigenvalue weighted by molar-refractivity contribution is 6.31. The molecule has 0 aliphatic heterocycles. The molecule has 226 valence electrons. The number of aryl methyl sites for hydroxylation is 4. The van der Waals surface area contributed by atoms with Gasteiger partial charge in [-0.15, -0.1) is 0 Å². The Morgan fingerprint density at radius 3 is 2.20 bits per heavy atom. The molecule has 9 nitrogen and oxygen atoms in total. The van der Waals surface area contributed by atoms with Gasteiger partial charge in [-0.25, -0.2) is 9.59 Å². The Hall–Kier alpha value is -3.14. The fourth-order valence-corrected chi connectivity index (χ4v) is 4.38. The molecule has 4 N–H and O–H groups in total. The number of unbranched alkanes of at least 4 members (excludes halogenated alkanes) is 4. The summed E-state index contributed by atoms with van der Waals surface area (Å²) in [6, 6.07) is 12.2. The molecule has 0 aliphatic rings. The summed E-state index contributed by atoms with van der Waals surface area (Å²) in [6.07, 6.45) is 2.71. The first kappa shape index (κ1) is 34.1. The molecule has 2 aromatic carbocycles. The number of ether oxygens (including phenoxy) is 2. The standard InChI is InChI=1S/C31H43ClN2O7/c1-21-11-13-24(18-23(21)3)10-6-4-5-7-16-34-30(37)28(29(31(38)39)41-20-27(35)36)40-17-9-8-15-33-25-14-12-22(2)26(32)19-25/h11-14,18-19,28-29,33H,4-10,15-17,20H2,1-3H3,(H,34,37)(H,35,36)(H,38,39). The lowest BCUT2D eigenvalue weighted by atomic mass is 10.0. The zero-order chi connectivity index (χ0) is 30.2. The molecule has 10 heteroatoms. The van der Waals surface area contributed by atoms with Crippen molar-refractivity contribution < 1.29 is 34.1 Å². The molecular formula is C31H43ClN2O7. The van der Waals surface area contributed by atoms with E-state index in [1.165, 1.54) is 16.7 Å². The van der Waals surface area contributed by atoms with Gasteiger partial charge >= 0.3 is 11.9 Å². The quantitative estimate of drug-likeness (QED) is 0.152. The number of rotatable bonds is 20. The van der Waals surface area contributed by atoms with Crippen molar-refractivity contribution in [3.05, 3.63) is 63.7 Å². The first-order valence-electron chi connectivity index (χ1n) is 14.1. The maximum absolute atomic E-state index is 12.9. The van der Waals surface area contributed by atoms with Gasteiger partial charge in [0.05, 0.1) is 0 Å². The Labute approximate surface area is 247 Å². The SMILES string of the molecule is Cc1ccc(CCCCCCNC(=O)C(OCCCCNc2ccc(C)c(Cl)c2)C(OCC(=O)O)C(=O)O)cc1C. The summed E-state index contributed by atoms with van der Waals surface area (Å²) in [4.78, 5) is 35.6. The van der Waals surface area contributed by atoms with E-state index in [2.05, 4.69) is 42.7 Å². The fourth-order valence-electron chi connectivity index (χ4n) is 4.20. The number of carbonyl (C=O) groups is 3. The summed E-state index contributed by atoms with van der Waals surface area (Å²) >= 11 is 6.15. The maximum atomic E-state index is 12.9. The van der Waals surface area contributed by atoms with Crippen LogP contribution in [0.15, 0.2) is 36.4 Å². The van der Waals surface area contributed by atoms with Crippen LogP contribution in [0.5, 0.6) is 0 Å². The zero-order valence-electron chi connectivity index (χ0n) is 24.2. The van der Waals surface area contributed by atoms with E-state index >= 15 is 0 Å². The second-order valence-corrected chi connectivity index (χ2v) is 10.6. The van der Waals surface area contributed by atoms with E-state index in [1.54, 1.807) is 0 Å². The number of benzene rings is 2. The number of nitrogens with one attached hydrogen (secondary N) is 2. The van der Waals surface area contributed by atoms with Crippen LogP contribution in [0.2, 0.25) is 5.02 Å². The molecular weight excluding hydrogens is 548 g/mol. The third kappa shape index (κ3) is 12.9. The summed E-state index contributed by atoms with van der Waals surface area (Å²) in [7, 11) is 0. The lowest BCUT2D eigenvalue weighted by Gasteiger charge is -2.23. The number of carbonyl (C=O) groups excluding carboxylic acids is 1. The third-order valence-electron chi connectivity index (χ3n) is 6.80. The van der Waals surface area contributed by atoms with Crippen molar-refractivity contribution in [2.45, 2.75) is 77.9 Å². The molecule has 0 radical (unpaired) electrons. The van der Waals surface area contributed by atoms with Crippen LogP contribution in [0, 0.1) is 20.8 Å². The van der Waals surface area contributed by atoms with Gasteiger partial charge in [-0.2, -0.15) is 0 Å². The van der Waals surface area contributed by atoms with Crippen LogP contribution < -0.4 is 10.6 Å². The number of hydrogen-bond donors (Lipinski definition) is 4. The van der Waals surface area contributed by atoms with Crippen LogP contribution in [-0.2, 0) is 30.3 Å². The molecule has 0 bridgehead atoms. The molecule has 2 aromatic rings. The Balaban J connectivity index is 1.77. The van der Waals surface area contributed by atoms with Crippen molar-refractivity contribution in [3.8, 4) is 0 Å². The molecule has 0 fully saturated rings. The number of carboxylic acid groups (broad SMARTS) is 2. The molecule has 2 unspecified atom stereocenters. The monoisotopic (exact) mass is 590 g/mol. The minimum Gasteiger partial charge on any atom is -0.480 e. The Morgan fingerprint density at radius 1 is 0.805 bits per heavy atom. The van der Waals surface area contributed by atoms with E-state index in [4.69, 9.17) is 26.2 Å². The average molecular weight is 591 g/mol.